The predicted molar refractivity (Wildman–Crippen MR) is 64.1 cm³/mol. The standard InChI is InChI=1S/C11H20N4O2/c1-5-15-7-6-12-9(15)8-13-14-10(16)17-11(2,3)4/h6-7,13H,5,8H2,1-4H3,(H,14,16). The van der Waals surface area contributed by atoms with E-state index in [-0.39, 0.29) is 0 Å². The molecule has 0 aliphatic rings. The first-order valence-corrected chi connectivity index (χ1v) is 5.64. The van der Waals surface area contributed by atoms with Crippen LogP contribution in [-0.4, -0.2) is 21.2 Å². The smallest absolute Gasteiger partial charge is 0.422 e. The van der Waals surface area contributed by atoms with Gasteiger partial charge in [0, 0.05) is 18.9 Å². The van der Waals surface area contributed by atoms with E-state index < -0.39 is 11.7 Å². The van der Waals surface area contributed by atoms with Crippen LogP contribution in [0.4, 0.5) is 4.79 Å². The Morgan fingerprint density at radius 2 is 2.24 bits per heavy atom. The molecule has 0 spiro atoms. The van der Waals surface area contributed by atoms with Crippen LogP contribution in [0.2, 0.25) is 0 Å². The summed E-state index contributed by atoms with van der Waals surface area (Å²) in [6, 6.07) is 0. The fourth-order valence-electron chi connectivity index (χ4n) is 1.29. The summed E-state index contributed by atoms with van der Waals surface area (Å²) in [5, 5.41) is 0. The van der Waals surface area contributed by atoms with Crippen LogP contribution in [0.5, 0.6) is 0 Å². The van der Waals surface area contributed by atoms with Crippen molar-refractivity contribution in [3.63, 3.8) is 0 Å². The summed E-state index contributed by atoms with van der Waals surface area (Å²) in [6.45, 7) is 8.79. The molecule has 0 bridgehead atoms. The van der Waals surface area contributed by atoms with Crippen molar-refractivity contribution in [2.75, 3.05) is 0 Å². The fourth-order valence-corrected chi connectivity index (χ4v) is 1.29. The number of ether oxygens (including phenoxy) is 1. The van der Waals surface area contributed by atoms with Gasteiger partial charge in [-0.05, 0) is 27.7 Å². The minimum absolute atomic E-state index is 0.458. The van der Waals surface area contributed by atoms with Crippen molar-refractivity contribution in [1.29, 1.82) is 0 Å². The summed E-state index contributed by atoms with van der Waals surface area (Å²) >= 11 is 0. The quantitative estimate of drug-likeness (QED) is 0.781. The molecule has 1 aromatic heterocycles. The number of carbonyl (C=O) groups is 1. The Kier molecular flexibility index (Phi) is 4.51. The van der Waals surface area contributed by atoms with Crippen LogP contribution >= 0.6 is 0 Å². The molecule has 0 atom stereocenters. The molecule has 0 aromatic carbocycles. The predicted octanol–water partition coefficient (Wildman–Crippen LogP) is 1.43. The van der Waals surface area contributed by atoms with Crippen LogP contribution in [0.25, 0.3) is 0 Å². The summed E-state index contributed by atoms with van der Waals surface area (Å²) in [6.07, 6.45) is 3.13. The Hall–Kier alpha value is -1.56. The third-order valence-electron chi connectivity index (χ3n) is 1.98. The van der Waals surface area contributed by atoms with Gasteiger partial charge in [0.05, 0.1) is 6.54 Å². The number of hydrogen-bond donors (Lipinski definition) is 2. The van der Waals surface area contributed by atoms with Gasteiger partial charge in [-0.1, -0.05) is 0 Å². The van der Waals surface area contributed by atoms with Gasteiger partial charge in [-0.15, -0.1) is 0 Å². The lowest BCUT2D eigenvalue weighted by molar-refractivity contribution is 0.0496. The van der Waals surface area contributed by atoms with Crippen LogP contribution in [0, 0.1) is 0 Å². The zero-order chi connectivity index (χ0) is 12.9. The number of carbonyl (C=O) groups excluding carboxylic acids is 1. The Bertz CT molecular complexity index is 368. The molecule has 0 saturated heterocycles. The highest BCUT2D eigenvalue weighted by molar-refractivity contribution is 5.66. The molecule has 6 heteroatoms. The molecule has 0 unspecified atom stereocenters. The Labute approximate surface area is 101 Å². The maximum absolute atomic E-state index is 11.3. The molecule has 0 aliphatic heterocycles. The van der Waals surface area contributed by atoms with Gasteiger partial charge in [0.2, 0.25) is 0 Å². The second kappa shape index (κ2) is 5.67. The van der Waals surface area contributed by atoms with Crippen molar-refractivity contribution in [2.45, 2.75) is 46.4 Å². The summed E-state index contributed by atoms with van der Waals surface area (Å²) < 4.78 is 7.06. The van der Waals surface area contributed by atoms with Crippen LogP contribution in [0.1, 0.15) is 33.5 Å². The second-order valence-corrected chi connectivity index (χ2v) is 4.61. The van der Waals surface area contributed by atoms with Crippen molar-refractivity contribution >= 4 is 6.09 Å². The number of nitrogens with one attached hydrogen (secondary N) is 2. The van der Waals surface area contributed by atoms with Crippen molar-refractivity contribution in [3.8, 4) is 0 Å². The minimum Gasteiger partial charge on any atom is -0.443 e. The van der Waals surface area contributed by atoms with E-state index in [0.29, 0.717) is 6.54 Å². The third kappa shape index (κ3) is 4.86. The zero-order valence-corrected chi connectivity index (χ0v) is 10.8. The number of aryl methyl sites for hydroxylation is 1. The molecular formula is C11H20N4O2. The lowest BCUT2D eigenvalue weighted by Gasteiger charge is -2.19. The molecule has 0 fully saturated rings. The van der Waals surface area contributed by atoms with Crippen molar-refractivity contribution < 1.29 is 9.53 Å². The molecule has 96 valence electrons. The van der Waals surface area contributed by atoms with Crippen molar-refractivity contribution in [2.24, 2.45) is 0 Å². The number of amides is 1. The molecule has 1 amide bonds. The molecule has 0 radical (unpaired) electrons. The van der Waals surface area contributed by atoms with Crippen LogP contribution in [0.3, 0.4) is 0 Å². The average Bonchev–Trinajstić information content (AvgIpc) is 2.62. The van der Waals surface area contributed by atoms with Crippen molar-refractivity contribution in [3.05, 3.63) is 18.2 Å². The van der Waals surface area contributed by atoms with Gasteiger partial charge in [-0.25, -0.2) is 15.2 Å². The third-order valence-corrected chi connectivity index (χ3v) is 1.98. The number of hydrazine groups is 1. The van der Waals surface area contributed by atoms with Gasteiger partial charge < -0.3 is 9.30 Å². The van der Waals surface area contributed by atoms with Crippen LogP contribution < -0.4 is 10.9 Å². The Balaban J connectivity index is 2.31. The molecule has 1 heterocycles. The number of aromatic nitrogens is 2. The summed E-state index contributed by atoms with van der Waals surface area (Å²) in [7, 11) is 0. The molecule has 2 N–H and O–H groups in total. The molecule has 0 saturated carbocycles. The molecule has 17 heavy (non-hydrogen) atoms. The van der Waals surface area contributed by atoms with E-state index in [1.807, 2.05) is 38.5 Å². The van der Waals surface area contributed by atoms with Gasteiger partial charge in [0.1, 0.15) is 11.4 Å². The van der Waals surface area contributed by atoms with Gasteiger partial charge in [-0.3, -0.25) is 5.43 Å². The molecule has 1 aromatic rings. The highest BCUT2D eigenvalue weighted by Gasteiger charge is 2.15. The normalized spacial score (nSPS) is 11.3. The minimum atomic E-state index is -0.493. The number of rotatable bonds is 4. The van der Waals surface area contributed by atoms with E-state index in [9.17, 15) is 4.79 Å². The Morgan fingerprint density at radius 3 is 2.82 bits per heavy atom. The monoisotopic (exact) mass is 240 g/mol. The molecule has 1 rings (SSSR count). The number of hydrogen-bond acceptors (Lipinski definition) is 4. The maximum Gasteiger partial charge on any atom is 0.422 e. The number of nitrogens with zero attached hydrogens (tertiary/aromatic N) is 2. The molecule has 6 nitrogen and oxygen atoms in total. The highest BCUT2D eigenvalue weighted by atomic mass is 16.6. The van der Waals surface area contributed by atoms with Gasteiger partial charge in [0.25, 0.3) is 0 Å². The van der Waals surface area contributed by atoms with Crippen LogP contribution in [-0.2, 0) is 17.8 Å². The zero-order valence-electron chi connectivity index (χ0n) is 10.8. The highest BCUT2D eigenvalue weighted by Crippen LogP contribution is 2.05. The van der Waals surface area contributed by atoms with Crippen molar-refractivity contribution in [1.82, 2.24) is 20.4 Å². The van der Waals surface area contributed by atoms with Crippen LogP contribution in [0.15, 0.2) is 12.4 Å². The van der Waals surface area contributed by atoms with E-state index in [1.165, 1.54) is 0 Å². The van der Waals surface area contributed by atoms with Gasteiger partial charge in [0.15, 0.2) is 0 Å². The summed E-state index contributed by atoms with van der Waals surface area (Å²) in [5.74, 6) is 0.864. The first-order chi connectivity index (χ1) is 7.92. The second-order valence-electron chi connectivity index (χ2n) is 4.61. The molecule has 0 aliphatic carbocycles. The lowest BCUT2D eigenvalue weighted by atomic mass is 10.2. The molecular weight excluding hydrogens is 220 g/mol. The first-order valence-electron chi connectivity index (χ1n) is 5.64. The average molecular weight is 240 g/mol. The SMILES string of the molecule is CCn1ccnc1CNNC(=O)OC(C)(C)C. The number of imidazole rings is 1. The first kappa shape index (κ1) is 13.5. The lowest BCUT2D eigenvalue weighted by Crippen LogP contribution is -2.41. The Morgan fingerprint density at radius 1 is 1.53 bits per heavy atom. The largest absolute Gasteiger partial charge is 0.443 e. The van der Waals surface area contributed by atoms with E-state index in [1.54, 1.807) is 6.20 Å². The fraction of sp³-hybridized carbons (Fsp3) is 0.636. The van der Waals surface area contributed by atoms with E-state index in [0.717, 1.165) is 12.4 Å². The van der Waals surface area contributed by atoms with Gasteiger partial charge >= 0.3 is 6.09 Å². The topological polar surface area (TPSA) is 68.2 Å². The van der Waals surface area contributed by atoms with Gasteiger partial charge in [-0.2, -0.15) is 0 Å². The van der Waals surface area contributed by atoms with E-state index in [4.69, 9.17) is 4.74 Å². The maximum atomic E-state index is 11.3. The van der Waals surface area contributed by atoms with E-state index in [2.05, 4.69) is 15.8 Å². The summed E-state index contributed by atoms with van der Waals surface area (Å²) in [4.78, 5) is 15.5. The van der Waals surface area contributed by atoms with E-state index >= 15 is 0 Å². The summed E-state index contributed by atoms with van der Waals surface area (Å²) in [5.41, 5.74) is 4.75.